The van der Waals surface area contributed by atoms with Crippen LogP contribution in [0.4, 0.5) is 0 Å². The Morgan fingerprint density at radius 1 is 1.47 bits per heavy atom. The van der Waals surface area contributed by atoms with Crippen molar-refractivity contribution in [3.63, 3.8) is 0 Å². The Balaban J connectivity index is 2.09. The number of nitrogens with one attached hydrogen (secondary N) is 1. The lowest BCUT2D eigenvalue weighted by Gasteiger charge is -2.25. The quantitative estimate of drug-likeness (QED) is 0.838. The Hall–Kier alpha value is -1.69. The molecule has 0 aliphatic rings. The van der Waals surface area contributed by atoms with Gasteiger partial charge in [0.05, 0.1) is 0 Å². The lowest BCUT2D eigenvalue weighted by molar-refractivity contribution is 0.286. The zero-order valence-electron chi connectivity index (χ0n) is 10.3. The topological polar surface area (TPSA) is 93.6 Å². The number of nitrogens with zero attached hydrogens (tertiary/aromatic N) is 3. The second-order valence-electron chi connectivity index (χ2n) is 5.13. The summed E-state index contributed by atoms with van der Waals surface area (Å²) in [6.07, 6.45) is 3.93. The van der Waals surface area contributed by atoms with Crippen molar-refractivity contribution in [3.8, 4) is 11.6 Å². The summed E-state index contributed by atoms with van der Waals surface area (Å²) < 4.78 is 5.15. The molecule has 0 fully saturated rings. The number of imidazole rings is 1. The fraction of sp³-hybridized carbons (Fsp3) is 0.545. The predicted molar refractivity (Wildman–Crippen MR) is 63.0 cm³/mol. The van der Waals surface area contributed by atoms with Crippen LogP contribution in [0.1, 0.15) is 26.7 Å². The molecule has 0 spiro atoms. The van der Waals surface area contributed by atoms with Gasteiger partial charge in [-0.1, -0.05) is 25.9 Å². The van der Waals surface area contributed by atoms with Gasteiger partial charge in [0, 0.05) is 24.9 Å². The van der Waals surface area contributed by atoms with Crippen LogP contribution >= 0.6 is 0 Å². The van der Waals surface area contributed by atoms with Crippen LogP contribution in [0.25, 0.3) is 11.6 Å². The van der Waals surface area contributed by atoms with Crippen LogP contribution in [0.15, 0.2) is 16.9 Å². The molecule has 0 aliphatic heterocycles. The lowest BCUT2D eigenvalue weighted by atomic mass is 9.85. The summed E-state index contributed by atoms with van der Waals surface area (Å²) in [5.41, 5.74) is 6.07. The molecular weight excluding hydrogens is 218 g/mol. The predicted octanol–water partition coefficient (Wildman–Crippen LogP) is 1.38. The number of aromatic amines is 1. The summed E-state index contributed by atoms with van der Waals surface area (Å²) in [7, 11) is 0. The van der Waals surface area contributed by atoms with E-state index >= 15 is 0 Å². The number of rotatable bonds is 3. The number of nitrogens with two attached hydrogens (primary N) is 1. The maximum Gasteiger partial charge on any atom is 0.238 e. The third-order valence-corrected chi connectivity index (χ3v) is 2.69. The van der Waals surface area contributed by atoms with Crippen molar-refractivity contribution in [1.82, 2.24) is 20.1 Å². The first-order chi connectivity index (χ1) is 7.97. The fourth-order valence-electron chi connectivity index (χ4n) is 1.32. The third-order valence-electron chi connectivity index (χ3n) is 2.69. The van der Waals surface area contributed by atoms with Gasteiger partial charge in [-0.25, -0.2) is 4.98 Å². The normalized spacial score (nSPS) is 13.9. The molecule has 0 amide bonds. The van der Waals surface area contributed by atoms with Gasteiger partial charge in [-0.3, -0.25) is 0 Å². The monoisotopic (exact) mass is 235 g/mol. The van der Waals surface area contributed by atoms with Gasteiger partial charge < -0.3 is 15.2 Å². The number of hydrogen-bond donors (Lipinski definition) is 2. The van der Waals surface area contributed by atoms with E-state index in [4.69, 9.17) is 10.3 Å². The molecule has 0 radical (unpaired) electrons. The van der Waals surface area contributed by atoms with Gasteiger partial charge in [0.2, 0.25) is 11.7 Å². The summed E-state index contributed by atoms with van der Waals surface area (Å²) in [5.74, 6) is 1.61. The minimum atomic E-state index is -0.0209. The van der Waals surface area contributed by atoms with Gasteiger partial charge in [-0.15, -0.1) is 0 Å². The molecule has 2 heterocycles. The molecule has 1 atom stereocenters. The maximum atomic E-state index is 6.06. The first-order valence-electron chi connectivity index (χ1n) is 5.55. The molecule has 0 saturated heterocycles. The Morgan fingerprint density at radius 3 is 2.82 bits per heavy atom. The van der Waals surface area contributed by atoms with E-state index in [0.717, 1.165) is 0 Å². The van der Waals surface area contributed by atoms with Crippen LogP contribution in [-0.4, -0.2) is 26.2 Å². The van der Waals surface area contributed by atoms with Gasteiger partial charge in [0.1, 0.15) is 0 Å². The summed E-state index contributed by atoms with van der Waals surface area (Å²) in [4.78, 5) is 11.2. The van der Waals surface area contributed by atoms with Crippen LogP contribution in [0.2, 0.25) is 0 Å². The zero-order chi connectivity index (χ0) is 12.5. The van der Waals surface area contributed by atoms with E-state index in [0.29, 0.717) is 24.0 Å². The van der Waals surface area contributed by atoms with E-state index in [1.807, 2.05) is 0 Å². The van der Waals surface area contributed by atoms with Gasteiger partial charge in [-0.2, -0.15) is 4.98 Å². The van der Waals surface area contributed by atoms with Crippen LogP contribution < -0.4 is 5.73 Å². The third kappa shape index (κ3) is 2.71. The second-order valence-corrected chi connectivity index (χ2v) is 5.13. The van der Waals surface area contributed by atoms with E-state index in [-0.39, 0.29) is 11.5 Å². The molecule has 0 aliphatic carbocycles. The molecule has 0 aromatic carbocycles. The molecule has 2 rings (SSSR count). The molecule has 1 unspecified atom stereocenters. The molecule has 3 N–H and O–H groups in total. The summed E-state index contributed by atoms with van der Waals surface area (Å²) in [6, 6.07) is -0.0209. The largest absolute Gasteiger partial charge is 0.342 e. The molecule has 0 bridgehead atoms. The highest BCUT2D eigenvalue weighted by atomic mass is 16.5. The Kier molecular flexibility index (Phi) is 2.97. The highest BCUT2D eigenvalue weighted by Gasteiger charge is 2.23. The SMILES string of the molecule is CC(C)(C)C(N)Cc1nc(-c2ncc[nH]2)no1. The maximum absolute atomic E-state index is 6.06. The zero-order valence-corrected chi connectivity index (χ0v) is 10.3. The van der Waals surface area contributed by atoms with Gasteiger partial charge in [-0.05, 0) is 5.41 Å². The molecule has 6 heteroatoms. The van der Waals surface area contributed by atoms with E-state index in [1.54, 1.807) is 12.4 Å². The van der Waals surface area contributed by atoms with Gasteiger partial charge in [0.15, 0.2) is 5.82 Å². The minimum Gasteiger partial charge on any atom is -0.342 e. The van der Waals surface area contributed by atoms with Crippen molar-refractivity contribution in [2.75, 3.05) is 0 Å². The van der Waals surface area contributed by atoms with Crippen molar-refractivity contribution in [3.05, 3.63) is 18.3 Å². The highest BCUT2D eigenvalue weighted by Crippen LogP contribution is 2.20. The van der Waals surface area contributed by atoms with Crippen LogP contribution in [0.3, 0.4) is 0 Å². The van der Waals surface area contributed by atoms with Gasteiger partial charge in [0.25, 0.3) is 0 Å². The Labute approximate surface area is 99.6 Å². The van der Waals surface area contributed by atoms with Crippen molar-refractivity contribution >= 4 is 0 Å². The minimum absolute atomic E-state index is 0.0132. The highest BCUT2D eigenvalue weighted by molar-refractivity contribution is 5.40. The number of hydrogen-bond acceptors (Lipinski definition) is 5. The van der Waals surface area contributed by atoms with Gasteiger partial charge >= 0.3 is 0 Å². The smallest absolute Gasteiger partial charge is 0.238 e. The van der Waals surface area contributed by atoms with Crippen LogP contribution in [0.5, 0.6) is 0 Å². The Morgan fingerprint density at radius 2 is 2.24 bits per heavy atom. The first-order valence-corrected chi connectivity index (χ1v) is 5.55. The van der Waals surface area contributed by atoms with Crippen molar-refractivity contribution in [2.24, 2.45) is 11.1 Å². The Bertz CT molecular complexity index is 468. The fourth-order valence-corrected chi connectivity index (χ4v) is 1.32. The first kappa shape index (κ1) is 11.8. The van der Waals surface area contributed by atoms with E-state index in [1.165, 1.54) is 0 Å². The molecule has 92 valence electrons. The molecule has 6 nitrogen and oxygen atoms in total. The van der Waals surface area contributed by atoms with E-state index in [2.05, 4.69) is 40.9 Å². The van der Waals surface area contributed by atoms with Crippen molar-refractivity contribution in [1.29, 1.82) is 0 Å². The van der Waals surface area contributed by atoms with Crippen molar-refractivity contribution in [2.45, 2.75) is 33.2 Å². The lowest BCUT2D eigenvalue weighted by Crippen LogP contribution is -2.36. The molecule has 0 saturated carbocycles. The van der Waals surface area contributed by atoms with E-state index in [9.17, 15) is 0 Å². The summed E-state index contributed by atoms with van der Waals surface area (Å²) in [5, 5.41) is 3.86. The molecule has 2 aromatic rings. The molecular formula is C11H17N5O. The number of H-pyrrole nitrogens is 1. The van der Waals surface area contributed by atoms with Crippen LogP contribution in [-0.2, 0) is 6.42 Å². The summed E-state index contributed by atoms with van der Waals surface area (Å²) in [6.45, 7) is 6.25. The van der Waals surface area contributed by atoms with Crippen molar-refractivity contribution < 1.29 is 4.52 Å². The standard InChI is InChI=1S/C11H17N5O/c1-11(2,3)7(12)6-8-15-10(16-17-8)9-13-4-5-14-9/h4-5,7H,6,12H2,1-3H3,(H,13,14). The number of aromatic nitrogens is 4. The summed E-state index contributed by atoms with van der Waals surface area (Å²) >= 11 is 0. The second kappa shape index (κ2) is 4.29. The average Bonchev–Trinajstić information content (AvgIpc) is 2.83. The van der Waals surface area contributed by atoms with Crippen LogP contribution in [0, 0.1) is 5.41 Å². The molecule has 2 aromatic heterocycles. The molecule has 17 heavy (non-hydrogen) atoms. The average molecular weight is 235 g/mol. The van der Waals surface area contributed by atoms with E-state index < -0.39 is 0 Å².